The molecule has 2 unspecified atom stereocenters. The van der Waals surface area contributed by atoms with Crippen LogP contribution >= 0.6 is 11.6 Å². The zero-order valence-corrected chi connectivity index (χ0v) is 17.8. The zero-order chi connectivity index (χ0) is 20.7. The first-order valence-electron chi connectivity index (χ1n) is 9.88. The van der Waals surface area contributed by atoms with Crippen LogP contribution in [0.25, 0.3) is 0 Å². The summed E-state index contributed by atoms with van der Waals surface area (Å²) < 4.78 is 1.34. The second-order valence-corrected chi connectivity index (χ2v) is 8.55. The Labute approximate surface area is 175 Å². The van der Waals surface area contributed by atoms with Crippen molar-refractivity contribution in [2.75, 3.05) is 38.1 Å². The van der Waals surface area contributed by atoms with Crippen molar-refractivity contribution < 1.29 is 9.59 Å². The average molecular weight is 416 g/mol. The monoisotopic (exact) mass is 415 g/mol. The Hall–Kier alpha value is -2.38. The Morgan fingerprint density at radius 2 is 1.90 bits per heavy atom. The quantitative estimate of drug-likeness (QED) is 0.773. The van der Waals surface area contributed by atoms with Crippen LogP contribution in [0, 0.1) is 18.8 Å². The van der Waals surface area contributed by atoms with Gasteiger partial charge in [0.05, 0.1) is 18.1 Å². The van der Waals surface area contributed by atoms with Gasteiger partial charge >= 0.3 is 6.03 Å². The summed E-state index contributed by atoms with van der Waals surface area (Å²) in [5.74, 6) is 0.865. The number of likely N-dealkylation sites (tertiary alicyclic amines) is 2. The van der Waals surface area contributed by atoms with Crippen molar-refractivity contribution in [1.82, 2.24) is 19.6 Å². The number of nitrogens with zero attached hydrogens (tertiary/aromatic N) is 5. The predicted octanol–water partition coefficient (Wildman–Crippen LogP) is 2.86. The van der Waals surface area contributed by atoms with E-state index < -0.39 is 0 Å². The number of rotatable bonds is 3. The standard InChI is InChI=1S/C21H26ClN5O2/c1-14-16(5-4-6-20(14)22)8-25-9-17-11-26(12-18(17)10-25)21(29)27-13-19(7-23-27)24(3)15(2)28/h4-7,13,17-18H,8-12H2,1-3H3. The number of aromatic nitrogens is 2. The van der Waals surface area contributed by atoms with Crippen LogP contribution in [0.15, 0.2) is 30.6 Å². The number of anilines is 1. The van der Waals surface area contributed by atoms with Crippen molar-refractivity contribution in [2.45, 2.75) is 20.4 Å². The highest BCUT2D eigenvalue weighted by Gasteiger charge is 2.42. The van der Waals surface area contributed by atoms with Crippen LogP contribution < -0.4 is 4.90 Å². The second-order valence-electron chi connectivity index (χ2n) is 8.15. The van der Waals surface area contributed by atoms with Gasteiger partial charge in [-0.1, -0.05) is 23.7 Å². The average Bonchev–Trinajstić information content (AvgIpc) is 3.39. The van der Waals surface area contributed by atoms with Crippen LogP contribution in [0.4, 0.5) is 10.5 Å². The lowest BCUT2D eigenvalue weighted by Gasteiger charge is -2.22. The first kappa shape index (κ1) is 19.9. The molecule has 2 amide bonds. The Balaban J connectivity index is 1.36. The normalized spacial score (nSPS) is 21.4. The molecule has 3 heterocycles. The van der Waals surface area contributed by atoms with E-state index in [0.717, 1.165) is 43.3 Å². The van der Waals surface area contributed by atoms with E-state index in [1.807, 2.05) is 17.0 Å². The minimum atomic E-state index is -0.125. The molecule has 0 saturated carbocycles. The molecule has 8 heteroatoms. The molecule has 4 rings (SSSR count). The molecule has 2 saturated heterocycles. The third-order valence-corrected chi connectivity index (χ3v) is 6.64. The van der Waals surface area contributed by atoms with Crippen molar-refractivity contribution in [3.8, 4) is 0 Å². The molecule has 0 radical (unpaired) electrons. The van der Waals surface area contributed by atoms with E-state index in [-0.39, 0.29) is 11.9 Å². The van der Waals surface area contributed by atoms with Gasteiger partial charge in [0.1, 0.15) is 0 Å². The summed E-state index contributed by atoms with van der Waals surface area (Å²) in [4.78, 5) is 30.1. The number of benzene rings is 1. The molecule has 2 aliphatic rings. The van der Waals surface area contributed by atoms with E-state index >= 15 is 0 Å². The fourth-order valence-corrected chi connectivity index (χ4v) is 4.55. The van der Waals surface area contributed by atoms with Crippen LogP contribution in [-0.4, -0.2) is 64.7 Å². The highest BCUT2D eigenvalue weighted by molar-refractivity contribution is 6.31. The van der Waals surface area contributed by atoms with E-state index in [9.17, 15) is 9.59 Å². The van der Waals surface area contributed by atoms with Gasteiger partial charge in [-0.2, -0.15) is 9.78 Å². The molecule has 1 aromatic heterocycles. The Kier molecular flexibility index (Phi) is 5.36. The maximum absolute atomic E-state index is 12.8. The van der Waals surface area contributed by atoms with Crippen LogP contribution in [0.3, 0.4) is 0 Å². The van der Waals surface area contributed by atoms with Crippen molar-refractivity contribution in [3.63, 3.8) is 0 Å². The molecule has 29 heavy (non-hydrogen) atoms. The Morgan fingerprint density at radius 3 is 2.55 bits per heavy atom. The summed E-state index contributed by atoms with van der Waals surface area (Å²) in [7, 11) is 1.67. The lowest BCUT2D eigenvalue weighted by atomic mass is 10.0. The largest absolute Gasteiger partial charge is 0.344 e. The maximum Gasteiger partial charge on any atom is 0.344 e. The number of fused-ring (bicyclic) bond motifs is 1. The molecular formula is C21H26ClN5O2. The molecule has 2 atom stereocenters. The summed E-state index contributed by atoms with van der Waals surface area (Å²) in [6, 6.07) is 5.94. The molecule has 2 fully saturated rings. The van der Waals surface area contributed by atoms with Crippen LogP contribution in [-0.2, 0) is 11.3 Å². The fraction of sp³-hybridized carbons (Fsp3) is 0.476. The topological polar surface area (TPSA) is 61.7 Å². The van der Waals surface area contributed by atoms with E-state index in [1.54, 1.807) is 19.4 Å². The van der Waals surface area contributed by atoms with Crippen molar-refractivity contribution in [3.05, 3.63) is 46.7 Å². The molecule has 0 bridgehead atoms. The molecule has 2 aliphatic heterocycles. The van der Waals surface area contributed by atoms with Gasteiger partial charge in [0.2, 0.25) is 5.91 Å². The molecule has 2 aromatic rings. The van der Waals surface area contributed by atoms with Gasteiger partial charge in [0, 0.05) is 51.7 Å². The highest BCUT2D eigenvalue weighted by atomic mass is 35.5. The Bertz CT molecular complexity index is 929. The number of amides is 2. The number of hydrogen-bond donors (Lipinski definition) is 0. The van der Waals surface area contributed by atoms with Gasteiger partial charge in [-0.15, -0.1) is 0 Å². The molecule has 154 valence electrons. The molecule has 0 N–H and O–H groups in total. The van der Waals surface area contributed by atoms with E-state index in [1.165, 1.54) is 22.1 Å². The molecule has 7 nitrogen and oxygen atoms in total. The summed E-state index contributed by atoms with van der Waals surface area (Å²) in [5, 5.41) is 4.97. The highest BCUT2D eigenvalue weighted by Crippen LogP contribution is 2.33. The minimum Gasteiger partial charge on any atom is -0.322 e. The van der Waals surface area contributed by atoms with Gasteiger partial charge in [-0.3, -0.25) is 9.69 Å². The van der Waals surface area contributed by atoms with E-state index in [2.05, 4.69) is 23.0 Å². The van der Waals surface area contributed by atoms with Crippen LogP contribution in [0.1, 0.15) is 18.1 Å². The number of carbonyl (C=O) groups excluding carboxylic acids is 2. The smallest absolute Gasteiger partial charge is 0.322 e. The zero-order valence-electron chi connectivity index (χ0n) is 17.0. The van der Waals surface area contributed by atoms with Crippen molar-refractivity contribution >= 4 is 29.2 Å². The van der Waals surface area contributed by atoms with E-state index in [0.29, 0.717) is 17.5 Å². The first-order chi connectivity index (χ1) is 13.8. The van der Waals surface area contributed by atoms with Crippen molar-refractivity contribution in [2.24, 2.45) is 11.8 Å². The fourth-order valence-electron chi connectivity index (χ4n) is 4.36. The van der Waals surface area contributed by atoms with Crippen molar-refractivity contribution in [1.29, 1.82) is 0 Å². The maximum atomic E-state index is 12.8. The van der Waals surface area contributed by atoms with Crippen LogP contribution in [0.5, 0.6) is 0 Å². The lowest BCUT2D eigenvalue weighted by Crippen LogP contribution is -2.36. The van der Waals surface area contributed by atoms with Gasteiger partial charge in [-0.25, -0.2) is 4.79 Å². The number of carbonyl (C=O) groups is 2. The molecule has 0 spiro atoms. The van der Waals surface area contributed by atoms with Gasteiger partial charge in [0.25, 0.3) is 0 Å². The Morgan fingerprint density at radius 1 is 1.21 bits per heavy atom. The second kappa shape index (κ2) is 7.80. The third-order valence-electron chi connectivity index (χ3n) is 6.23. The molecular weight excluding hydrogens is 390 g/mol. The summed E-state index contributed by atoms with van der Waals surface area (Å²) >= 11 is 6.25. The van der Waals surface area contributed by atoms with Gasteiger partial charge < -0.3 is 9.80 Å². The summed E-state index contributed by atoms with van der Waals surface area (Å²) in [5.41, 5.74) is 3.03. The van der Waals surface area contributed by atoms with Crippen LogP contribution in [0.2, 0.25) is 5.02 Å². The van der Waals surface area contributed by atoms with E-state index in [4.69, 9.17) is 11.6 Å². The number of halogens is 1. The summed E-state index contributed by atoms with van der Waals surface area (Å²) in [6.07, 6.45) is 3.16. The predicted molar refractivity (Wildman–Crippen MR) is 112 cm³/mol. The number of hydrogen-bond acceptors (Lipinski definition) is 4. The SMILES string of the molecule is CC(=O)N(C)c1cnn(C(=O)N2CC3CN(Cc4cccc(Cl)c4C)CC3C2)c1. The third kappa shape index (κ3) is 3.89. The minimum absolute atomic E-state index is 0.0947. The molecule has 0 aliphatic carbocycles. The lowest BCUT2D eigenvalue weighted by molar-refractivity contribution is -0.116. The van der Waals surface area contributed by atoms with Gasteiger partial charge in [-0.05, 0) is 36.0 Å². The first-order valence-corrected chi connectivity index (χ1v) is 10.3. The molecule has 1 aromatic carbocycles. The summed E-state index contributed by atoms with van der Waals surface area (Å²) in [6.45, 7) is 7.90. The van der Waals surface area contributed by atoms with Gasteiger partial charge in [0.15, 0.2) is 0 Å².